The Kier molecular flexibility index (Phi) is 4.82. The van der Waals surface area contributed by atoms with E-state index in [-0.39, 0.29) is 11.9 Å². The van der Waals surface area contributed by atoms with Crippen molar-refractivity contribution >= 4 is 5.91 Å². The van der Waals surface area contributed by atoms with Crippen molar-refractivity contribution in [2.45, 2.75) is 25.8 Å². The molecule has 27 heavy (non-hydrogen) atoms. The number of likely N-dealkylation sites (tertiary alicyclic amines) is 1. The molecule has 1 aliphatic rings. The van der Waals surface area contributed by atoms with Gasteiger partial charge in [-0.15, -0.1) is 0 Å². The third kappa shape index (κ3) is 3.40. The van der Waals surface area contributed by atoms with Crippen LogP contribution < -0.4 is 4.74 Å². The first-order valence-electron chi connectivity index (χ1n) is 9.05. The molecule has 0 saturated carbocycles. The van der Waals surface area contributed by atoms with Crippen LogP contribution in [0.15, 0.2) is 53.2 Å². The Morgan fingerprint density at radius 1 is 1.26 bits per heavy atom. The molecule has 3 heterocycles. The van der Waals surface area contributed by atoms with Crippen LogP contribution >= 0.6 is 0 Å². The van der Waals surface area contributed by atoms with Gasteiger partial charge < -0.3 is 14.2 Å². The van der Waals surface area contributed by atoms with E-state index in [9.17, 15) is 4.79 Å². The number of pyridine rings is 1. The number of benzene rings is 1. The monoisotopic (exact) mass is 364 g/mol. The second-order valence-corrected chi connectivity index (χ2v) is 6.27. The van der Waals surface area contributed by atoms with Crippen LogP contribution in [0, 0.1) is 0 Å². The number of ether oxygens (including phenoxy) is 1. The van der Waals surface area contributed by atoms with Gasteiger partial charge in [0, 0.05) is 18.3 Å². The van der Waals surface area contributed by atoms with E-state index in [0.29, 0.717) is 36.3 Å². The van der Waals surface area contributed by atoms with Crippen LogP contribution in [0.25, 0.3) is 11.4 Å². The largest absolute Gasteiger partial charge is 0.477 e. The molecule has 4 rings (SSSR count). The highest BCUT2D eigenvalue weighted by atomic mass is 16.5. The van der Waals surface area contributed by atoms with E-state index >= 15 is 0 Å². The molecule has 1 saturated heterocycles. The number of aromatic nitrogens is 3. The molecule has 2 aromatic heterocycles. The summed E-state index contributed by atoms with van der Waals surface area (Å²) in [4.78, 5) is 23.6. The van der Waals surface area contributed by atoms with Crippen LogP contribution in [-0.4, -0.2) is 39.1 Å². The van der Waals surface area contributed by atoms with Crippen LogP contribution in [0.5, 0.6) is 5.88 Å². The highest BCUT2D eigenvalue weighted by Gasteiger charge is 2.35. The zero-order valence-electron chi connectivity index (χ0n) is 15.0. The average molecular weight is 364 g/mol. The topological polar surface area (TPSA) is 81.4 Å². The Hall–Kier alpha value is -3.22. The SMILES string of the molecule is CCOc1ncccc1C(=O)N1CCC[C@H]1c1nc(-c2ccccc2)no1. The maximum absolute atomic E-state index is 13.1. The molecule has 7 heteroatoms. The molecule has 0 N–H and O–H groups in total. The van der Waals surface area contributed by atoms with Crippen molar-refractivity contribution in [3.63, 3.8) is 0 Å². The third-order valence-corrected chi connectivity index (χ3v) is 4.56. The smallest absolute Gasteiger partial charge is 0.260 e. The summed E-state index contributed by atoms with van der Waals surface area (Å²) in [6.07, 6.45) is 3.28. The molecule has 1 aromatic carbocycles. The van der Waals surface area contributed by atoms with Gasteiger partial charge in [-0.2, -0.15) is 4.98 Å². The van der Waals surface area contributed by atoms with Crippen molar-refractivity contribution in [3.05, 3.63) is 60.1 Å². The first kappa shape index (κ1) is 17.2. The molecule has 0 aliphatic carbocycles. The molecule has 1 aliphatic heterocycles. The van der Waals surface area contributed by atoms with Crippen LogP contribution in [0.2, 0.25) is 0 Å². The fourth-order valence-corrected chi connectivity index (χ4v) is 3.30. The summed E-state index contributed by atoms with van der Waals surface area (Å²) in [7, 11) is 0. The van der Waals surface area contributed by atoms with Crippen LogP contribution in [-0.2, 0) is 0 Å². The van der Waals surface area contributed by atoms with Gasteiger partial charge in [0.2, 0.25) is 17.6 Å². The van der Waals surface area contributed by atoms with E-state index in [1.165, 1.54) is 0 Å². The summed E-state index contributed by atoms with van der Waals surface area (Å²) in [6.45, 7) is 2.95. The lowest BCUT2D eigenvalue weighted by molar-refractivity contribution is 0.0705. The van der Waals surface area contributed by atoms with Crippen LogP contribution in [0.4, 0.5) is 0 Å². The minimum absolute atomic E-state index is 0.131. The lowest BCUT2D eigenvalue weighted by Gasteiger charge is -2.22. The molecule has 0 spiro atoms. The molecule has 138 valence electrons. The average Bonchev–Trinajstić information content (AvgIpc) is 3.38. The quantitative estimate of drug-likeness (QED) is 0.689. The van der Waals surface area contributed by atoms with Crippen molar-refractivity contribution in [1.29, 1.82) is 0 Å². The predicted octanol–water partition coefficient (Wildman–Crippen LogP) is 3.51. The van der Waals surface area contributed by atoms with Gasteiger partial charge in [0.1, 0.15) is 11.6 Å². The molecule has 0 bridgehead atoms. The van der Waals surface area contributed by atoms with Gasteiger partial charge in [-0.3, -0.25) is 4.79 Å². The number of carbonyl (C=O) groups excluding carboxylic acids is 1. The molecular weight excluding hydrogens is 344 g/mol. The number of amides is 1. The first-order chi connectivity index (χ1) is 13.3. The lowest BCUT2D eigenvalue weighted by Crippen LogP contribution is -2.31. The number of nitrogens with zero attached hydrogens (tertiary/aromatic N) is 4. The highest BCUT2D eigenvalue weighted by molar-refractivity contribution is 5.96. The molecule has 1 atom stereocenters. The van der Waals surface area contributed by atoms with Crippen molar-refractivity contribution in [1.82, 2.24) is 20.0 Å². The Balaban J connectivity index is 1.60. The van der Waals surface area contributed by atoms with Crippen LogP contribution in [0.3, 0.4) is 0 Å². The van der Waals surface area contributed by atoms with E-state index in [2.05, 4.69) is 15.1 Å². The summed E-state index contributed by atoms with van der Waals surface area (Å²) in [5.74, 6) is 1.21. The second kappa shape index (κ2) is 7.57. The maximum Gasteiger partial charge on any atom is 0.260 e. The van der Waals surface area contributed by atoms with E-state index in [1.807, 2.05) is 37.3 Å². The van der Waals surface area contributed by atoms with E-state index < -0.39 is 0 Å². The zero-order chi connectivity index (χ0) is 18.6. The molecule has 0 radical (unpaired) electrons. The molecular formula is C20H20N4O3. The van der Waals surface area contributed by atoms with Crippen LogP contribution in [0.1, 0.15) is 42.1 Å². The van der Waals surface area contributed by atoms with Crippen molar-refractivity contribution in [2.24, 2.45) is 0 Å². The maximum atomic E-state index is 13.1. The van der Waals surface area contributed by atoms with Gasteiger partial charge in [0.25, 0.3) is 5.91 Å². The van der Waals surface area contributed by atoms with Gasteiger partial charge in [0.15, 0.2) is 0 Å². The molecule has 1 amide bonds. The minimum Gasteiger partial charge on any atom is -0.477 e. The van der Waals surface area contributed by atoms with Crippen molar-refractivity contribution in [3.8, 4) is 17.3 Å². The number of rotatable bonds is 5. The second-order valence-electron chi connectivity index (χ2n) is 6.27. The summed E-state index contributed by atoms with van der Waals surface area (Å²) in [6, 6.07) is 12.9. The number of hydrogen-bond donors (Lipinski definition) is 0. The Bertz CT molecular complexity index is 926. The fourth-order valence-electron chi connectivity index (χ4n) is 3.30. The highest BCUT2D eigenvalue weighted by Crippen LogP contribution is 2.34. The summed E-state index contributed by atoms with van der Waals surface area (Å²) < 4.78 is 11.0. The molecule has 3 aromatic rings. The van der Waals surface area contributed by atoms with Gasteiger partial charge >= 0.3 is 0 Å². The van der Waals surface area contributed by atoms with Crippen molar-refractivity contribution in [2.75, 3.05) is 13.2 Å². The minimum atomic E-state index is -0.239. The van der Waals surface area contributed by atoms with Gasteiger partial charge in [-0.05, 0) is 31.9 Å². The van der Waals surface area contributed by atoms with E-state index in [1.54, 1.807) is 23.2 Å². The zero-order valence-corrected chi connectivity index (χ0v) is 15.0. The third-order valence-electron chi connectivity index (χ3n) is 4.56. The number of carbonyl (C=O) groups is 1. The van der Waals surface area contributed by atoms with E-state index in [0.717, 1.165) is 18.4 Å². The Morgan fingerprint density at radius 3 is 2.93 bits per heavy atom. The van der Waals surface area contributed by atoms with Gasteiger partial charge in [0.05, 0.1) is 6.61 Å². The first-order valence-corrected chi connectivity index (χ1v) is 9.05. The van der Waals surface area contributed by atoms with Gasteiger partial charge in [-0.1, -0.05) is 35.5 Å². The molecule has 1 fully saturated rings. The molecule has 7 nitrogen and oxygen atoms in total. The Labute approximate surface area is 157 Å². The van der Waals surface area contributed by atoms with E-state index in [4.69, 9.17) is 9.26 Å². The summed E-state index contributed by atoms with van der Waals surface area (Å²) in [5.41, 5.74) is 1.34. The fraction of sp³-hybridized carbons (Fsp3) is 0.300. The normalized spacial score (nSPS) is 16.5. The predicted molar refractivity (Wildman–Crippen MR) is 98.2 cm³/mol. The number of hydrogen-bond acceptors (Lipinski definition) is 6. The summed E-state index contributed by atoms with van der Waals surface area (Å²) in [5, 5.41) is 4.08. The lowest BCUT2D eigenvalue weighted by atomic mass is 10.2. The molecule has 0 unspecified atom stereocenters. The van der Waals surface area contributed by atoms with Gasteiger partial charge in [-0.25, -0.2) is 4.98 Å². The standard InChI is InChI=1S/C20H20N4O3/c1-2-26-18-15(10-6-12-21-18)20(25)24-13-7-11-16(24)19-22-17(23-27-19)14-8-4-3-5-9-14/h3-6,8-10,12,16H,2,7,11,13H2,1H3/t16-/m0/s1. The Morgan fingerprint density at radius 2 is 2.11 bits per heavy atom. The summed E-state index contributed by atoms with van der Waals surface area (Å²) >= 11 is 0. The van der Waals surface area contributed by atoms with Crippen molar-refractivity contribution < 1.29 is 14.1 Å².